The van der Waals surface area contributed by atoms with Gasteiger partial charge in [0.05, 0.1) is 26.4 Å². The third-order valence-electron chi connectivity index (χ3n) is 1.91. The SMILES string of the molecule is O=C(NCCOCCOCCNC(=O)C(Br)(Br)Br)C(Br)Br. The minimum Gasteiger partial charge on any atom is -0.377 e. The number of amides is 2. The van der Waals surface area contributed by atoms with Gasteiger partial charge in [0, 0.05) is 13.1 Å². The molecule has 11 heteroatoms. The fourth-order valence-electron chi connectivity index (χ4n) is 0.982. The van der Waals surface area contributed by atoms with Gasteiger partial charge in [0.2, 0.25) is 8.05 Å². The van der Waals surface area contributed by atoms with Crippen LogP contribution in [0.3, 0.4) is 0 Å². The number of nitrogens with one attached hydrogen (secondary N) is 2. The number of ether oxygens (including phenoxy) is 2. The maximum Gasteiger partial charge on any atom is 0.258 e. The van der Waals surface area contributed by atoms with Crippen molar-refractivity contribution in [3.8, 4) is 0 Å². The molecule has 124 valence electrons. The van der Waals surface area contributed by atoms with E-state index >= 15 is 0 Å². The van der Waals surface area contributed by atoms with E-state index in [1.54, 1.807) is 0 Å². The third-order valence-corrected chi connectivity index (χ3v) is 3.82. The van der Waals surface area contributed by atoms with Crippen molar-refractivity contribution in [1.29, 1.82) is 0 Å². The van der Waals surface area contributed by atoms with Crippen molar-refractivity contribution in [3.63, 3.8) is 0 Å². The summed E-state index contributed by atoms with van der Waals surface area (Å²) >= 11 is 15.5. The van der Waals surface area contributed by atoms with Crippen molar-refractivity contribution in [2.45, 2.75) is 5.88 Å². The molecule has 0 unspecified atom stereocenters. The van der Waals surface area contributed by atoms with Gasteiger partial charge in [0.15, 0.2) is 0 Å². The average molecular weight is 627 g/mol. The molecule has 0 aromatic heterocycles. The highest BCUT2D eigenvalue weighted by atomic mass is 80.0. The first-order valence-corrected chi connectivity index (χ1v) is 10.0. The van der Waals surface area contributed by atoms with Crippen LogP contribution < -0.4 is 10.6 Å². The van der Waals surface area contributed by atoms with Gasteiger partial charge in [-0.2, -0.15) is 0 Å². The lowest BCUT2D eigenvalue weighted by atomic mass is 10.6. The van der Waals surface area contributed by atoms with Crippen LogP contribution in [0.2, 0.25) is 0 Å². The number of hydrogen-bond donors (Lipinski definition) is 2. The molecule has 21 heavy (non-hydrogen) atoms. The van der Waals surface area contributed by atoms with Crippen molar-refractivity contribution < 1.29 is 19.1 Å². The van der Waals surface area contributed by atoms with Gasteiger partial charge < -0.3 is 20.1 Å². The topological polar surface area (TPSA) is 76.7 Å². The molecule has 0 saturated carbocycles. The molecule has 0 bridgehead atoms. The normalized spacial score (nSPS) is 11.5. The molecule has 0 aliphatic carbocycles. The van der Waals surface area contributed by atoms with Crippen LogP contribution >= 0.6 is 79.6 Å². The average Bonchev–Trinajstić information content (AvgIpc) is 2.38. The Kier molecular flexibility index (Phi) is 13.4. The van der Waals surface area contributed by atoms with Crippen LogP contribution in [-0.2, 0) is 19.1 Å². The van der Waals surface area contributed by atoms with Crippen molar-refractivity contribution in [1.82, 2.24) is 10.6 Å². The second-order valence-electron chi connectivity index (χ2n) is 3.57. The fourth-order valence-corrected chi connectivity index (χ4v) is 1.73. The van der Waals surface area contributed by atoms with E-state index in [0.29, 0.717) is 39.5 Å². The molecular formula is C10H15Br5N2O4. The molecule has 0 fully saturated rings. The summed E-state index contributed by atoms with van der Waals surface area (Å²) in [7, 11) is 0. The van der Waals surface area contributed by atoms with Gasteiger partial charge in [0.1, 0.15) is 3.74 Å². The van der Waals surface area contributed by atoms with Crippen LogP contribution in [0.25, 0.3) is 0 Å². The van der Waals surface area contributed by atoms with Crippen LogP contribution in [0.4, 0.5) is 0 Å². The van der Waals surface area contributed by atoms with Crippen molar-refractivity contribution in [3.05, 3.63) is 0 Å². The van der Waals surface area contributed by atoms with Gasteiger partial charge in [-0.1, -0.05) is 31.9 Å². The number of rotatable bonds is 10. The summed E-state index contributed by atoms with van der Waals surface area (Å²) in [5, 5.41) is 5.32. The van der Waals surface area contributed by atoms with Gasteiger partial charge in [-0.05, 0) is 47.8 Å². The first kappa shape index (κ1) is 22.3. The summed E-state index contributed by atoms with van der Waals surface area (Å²) in [6.07, 6.45) is 0. The zero-order chi connectivity index (χ0) is 16.3. The zero-order valence-corrected chi connectivity index (χ0v) is 18.8. The molecule has 0 heterocycles. The summed E-state index contributed by atoms with van der Waals surface area (Å²) in [4.78, 5) is 22.5. The molecule has 2 N–H and O–H groups in total. The third kappa shape index (κ3) is 13.4. The van der Waals surface area contributed by atoms with Crippen molar-refractivity contribution in [2.24, 2.45) is 0 Å². The van der Waals surface area contributed by atoms with E-state index in [4.69, 9.17) is 9.47 Å². The fraction of sp³-hybridized carbons (Fsp3) is 0.800. The minimum atomic E-state index is -0.941. The number of carbonyl (C=O) groups is 2. The Labute approximate surface area is 165 Å². The molecule has 0 spiro atoms. The number of alkyl halides is 5. The second kappa shape index (κ2) is 12.7. The number of hydrogen-bond acceptors (Lipinski definition) is 4. The Morgan fingerprint density at radius 2 is 1.38 bits per heavy atom. The highest BCUT2D eigenvalue weighted by molar-refractivity contribution is 9.40. The highest BCUT2D eigenvalue weighted by Crippen LogP contribution is 2.33. The van der Waals surface area contributed by atoms with Crippen LogP contribution in [0, 0.1) is 0 Å². The number of carbonyl (C=O) groups excluding carboxylic acids is 2. The van der Waals surface area contributed by atoms with E-state index < -0.39 is 2.14 Å². The van der Waals surface area contributed by atoms with E-state index in [9.17, 15) is 9.59 Å². The first-order chi connectivity index (χ1) is 9.75. The Morgan fingerprint density at radius 1 is 0.905 bits per heavy atom. The molecule has 0 saturated heterocycles. The van der Waals surface area contributed by atoms with Gasteiger partial charge in [0.25, 0.3) is 5.91 Å². The molecule has 0 aliphatic rings. The standard InChI is InChI=1S/C10H15Br5N2O4/c11-7(12)8(18)16-1-3-20-5-6-21-4-2-17-9(19)10(13,14)15/h7H,1-6H2,(H,16,18)(H,17,19). The van der Waals surface area contributed by atoms with Crippen molar-refractivity contribution >= 4 is 91.5 Å². The lowest BCUT2D eigenvalue weighted by Gasteiger charge is -2.12. The summed E-state index contributed by atoms with van der Waals surface area (Å²) in [6.45, 7) is 2.49. The highest BCUT2D eigenvalue weighted by Gasteiger charge is 2.27. The maximum atomic E-state index is 11.4. The van der Waals surface area contributed by atoms with Gasteiger partial charge >= 0.3 is 0 Å². The molecule has 0 atom stereocenters. The Morgan fingerprint density at radius 3 is 1.81 bits per heavy atom. The van der Waals surface area contributed by atoms with Crippen LogP contribution in [0.5, 0.6) is 0 Å². The van der Waals surface area contributed by atoms with Crippen molar-refractivity contribution in [2.75, 3.05) is 39.5 Å². The first-order valence-electron chi connectivity index (χ1n) is 5.81. The minimum absolute atomic E-state index is 0.146. The van der Waals surface area contributed by atoms with Crippen LogP contribution in [-0.4, -0.2) is 57.2 Å². The van der Waals surface area contributed by atoms with E-state index in [1.165, 1.54) is 0 Å². The summed E-state index contributed by atoms with van der Waals surface area (Å²) in [6, 6.07) is 0. The summed E-state index contributed by atoms with van der Waals surface area (Å²) in [5.41, 5.74) is 0. The van der Waals surface area contributed by atoms with Gasteiger partial charge in [-0.3, -0.25) is 9.59 Å². The second-order valence-corrected chi connectivity index (χ2v) is 13.4. The van der Waals surface area contributed by atoms with Crippen LogP contribution in [0.1, 0.15) is 0 Å². The van der Waals surface area contributed by atoms with Gasteiger partial charge in [-0.15, -0.1) is 0 Å². The van der Waals surface area contributed by atoms with Crippen LogP contribution in [0.15, 0.2) is 0 Å². The summed E-state index contributed by atoms with van der Waals surface area (Å²) < 4.78 is 9.21. The van der Waals surface area contributed by atoms with E-state index in [-0.39, 0.29) is 15.6 Å². The van der Waals surface area contributed by atoms with E-state index in [1.807, 2.05) is 0 Å². The Bertz CT molecular complexity index is 325. The molecular weight excluding hydrogens is 612 g/mol. The zero-order valence-electron chi connectivity index (χ0n) is 10.8. The molecule has 0 aromatic rings. The van der Waals surface area contributed by atoms with E-state index in [2.05, 4.69) is 90.3 Å². The lowest BCUT2D eigenvalue weighted by Crippen LogP contribution is -2.35. The summed E-state index contributed by atoms with van der Waals surface area (Å²) in [5.74, 6) is -0.387. The van der Waals surface area contributed by atoms with E-state index in [0.717, 1.165) is 0 Å². The Balaban J connectivity index is 3.31. The molecule has 0 aromatic carbocycles. The monoisotopic (exact) mass is 622 g/mol. The van der Waals surface area contributed by atoms with Gasteiger partial charge in [-0.25, -0.2) is 0 Å². The smallest absolute Gasteiger partial charge is 0.258 e. The number of halogens is 5. The predicted octanol–water partition coefficient (Wildman–Crippen LogP) is 2.21. The lowest BCUT2D eigenvalue weighted by molar-refractivity contribution is -0.120. The maximum absolute atomic E-state index is 11.4. The quantitative estimate of drug-likeness (QED) is 0.288. The predicted molar refractivity (Wildman–Crippen MR) is 98.8 cm³/mol. The largest absolute Gasteiger partial charge is 0.377 e. The Hall–Kier alpha value is 1.26. The molecule has 6 nitrogen and oxygen atoms in total. The molecule has 0 radical (unpaired) electrons. The molecule has 0 aliphatic heterocycles. The molecule has 2 amide bonds. The molecule has 0 rings (SSSR count).